The Labute approximate surface area is 149 Å². The van der Waals surface area contributed by atoms with Crippen molar-refractivity contribution in [3.63, 3.8) is 0 Å². The average molecular weight is 403 g/mol. The lowest BCUT2D eigenvalue weighted by molar-refractivity contribution is 0.243. The SMILES string of the molecule is CCCN(C(C)c1ccccc1Br)S(=O)(=O)N1CCCC(C)C1. The lowest BCUT2D eigenvalue weighted by Gasteiger charge is -2.37. The van der Waals surface area contributed by atoms with E-state index in [1.807, 2.05) is 38.1 Å². The van der Waals surface area contributed by atoms with Crippen LogP contribution in [0.5, 0.6) is 0 Å². The van der Waals surface area contributed by atoms with Gasteiger partial charge >= 0.3 is 0 Å². The van der Waals surface area contributed by atoms with Gasteiger partial charge in [0.2, 0.25) is 0 Å². The normalized spacial score (nSPS) is 21.5. The number of piperidine rings is 1. The largest absolute Gasteiger partial charge is 0.282 e. The summed E-state index contributed by atoms with van der Waals surface area (Å²) in [6.07, 6.45) is 2.86. The first-order valence-corrected chi connectivity index (χ1v) is 10.6. The molecular formula is C17H27BrN2O2S. The average Bonchev–Trinajstić information content (AvgIpc) is 2.52. The maximum atomic E-state index is 13.2. The second-order valence-corrected chi connectivity index (χ2v) is 9.16. The monoisotopic (exact) mass is 402 g/mol. The van der Waals surface area contributed by atoms with Crippen LogP contribution in [0.15, 0.2) is 28.7 Å². The third kappa shape index (κ3) is 4.35. The van der Waals surface area contributed by atoms with E-state index >= 15 is 0 Å². The molecule has 0 aromatic heterocycles. The van der Waals surface area contributed by atoms with E-state index in [2.05, 4.69) is 22.9 Å². The highest BCUT2D eigenvalue weighted by Gasteiger charge is 2.35. The molecule has 1 heterocycles. The van der Waals surface area contributed by atoms with Crippen LogP contribution in [0.3, 0.4) is 0 Å². The number of rotatable bonds is 6. The van der Waals surface area contributed by atoms with E-state index in [0.29, 0.717) is 25.6 Å². The van der Waals surface area contributed by atoms with Crippen molar-refractivity contribution in [1.82, 2.24) is 8.61 Å². The highest BCUT2D eigenvalue weighted by atomic mass is 79.9. The molecular weight excluding hydrogens is 376 g/mol. The number of nitrogens with zero attached hydrogens (tertiary/aromatic N) is 2. The Kier molecular flexibility index (Phi) is 6.66. The molecule has 23 heavy (non-hydrogen) atoms. The van der Waals surface area contributed by atoms with Crippen molar-refractivity contribution in [2.45, 2.75) is 46.1 Å². The summed E-state index contributed by atoms with van der Waals surface area (Å²) in [7, 11) is -3.44. The summed E-state index contributed by atoms with van der Waals surface area (Å²) >= 11 is 3.55. The van der Waals surface area contributed by atoms with Crippen molar-refractivity contribution >= 4 is 26.1 Å². The van der Waals surface area contributed by atoms with Gasteiger partial charge in [0, 0.05) is 30.1 Å². The molecule has 1 aliphatic heterocycles. The Morgan fingerprint density at radius 1 is 1.39 bits per heavy atom. The Hall–Kier alpha value is -0.430. The fraction of sp³-hybridized carbons (Fsp3) is 0.647. The van der Waals surface area contributed by atoms with Crippen LogP contribution < -0.4 is 0 Å². The van der Waals surface area contributed by atoms with Gasteiger partial charge < -0.3 is 0 Å². The molecule has 1 aliphatic rings. The molecule has 2 unspecified atom stereocenters. The summed E-state index contributed by atoms with van der Waals surface area (Å²) in [5, 5.41) is 0. The highest BCUT2D eigenvalue weighted by molar-refractivity contribution is 9.10. The fourth-order valence-corrected chi connectivity index (χ4v) is 5.84. The molecule has 1 aromatic rings. The summed E-state index contributed by atoms with van der Waals surface area (Å²) in [6.45, 7) is 7.92. The Morgan fingerprint density at radius 3 is 2.70 bits per heavy atom. The quantitative estimate of drug-likeness (QED) is 0.714. The van der Waals surface area contributed by atoms with Crippen LogP contribution in [0.2, 0.25) is 0 Å². The predicted molar refractivity (Wildman–Crippen MR) is 98.4 cm³/mol. The van der Waals surface area contributed by atoms with Crippen LogP contribution in [0, 0.1) is 5.92 Å². The maximum absolute atomic E-state index is 13.2. The van der Waals surface area contributed by atoms with E-state index in [-0.39, 0.29) is 6.04 Å². The zero-order chi connectivity index (χ0) is 17.0. The lowest BCUT2D eigenvalue weighted by atomic mass is 10.0. The third-order valence-electron chi connectivity index (χ3n) is 4.47. The van der Waals surface area contributed by atoms with E-state index < -0.39 is 10.2 Å². The lowest BCUT2D eigenvalue weighted by Crippen LogP contribution is -2.48. The molecule has 1 saturated heterocycles. The molecule has 6 heteroatoms. The van der Waals surface area contributed by atoms with Crippen LogP contribution in [-0.2, 0) is 10.2 Å². The van der Waals surface area contributed by atoms with Crippen molar-refractivity contribution in [2.24, 2.45) is 5.92 Å². The van der Waals surface area contributed by atoms with E-state index in [0.717, 1.165) is 29.3 Å². The van der Waals surface area contributed by atoms with Crippen LogP contribution >= 0.6 is 15.9 Å². The van der Waals surface area contributed by atoms with Crippen LogP contribution in [0.4, 0.5) is 0 Å². The van der Waals surface area contributed by atoms with Crippen LogP contribution in [0.25, 0.3) is 0 Å². The van der Waals surface area contributed by atoms with Crippen LogP contribution in [-0.4, -0.2) is 36.7 Å². The smallest absolute Gasteiger partial charge is 0.195 e. The molecule has 0 amide bonds. The van der Waals surface area contributed by atoms with E-state index in [9.17, 15) is 8.42 Å². The van der Waals surface area contributed by atoms with Gasteiger partial charge in [-0.3, -0.25) is 0 Å². The minimum Gasteiger partial charge on any atom is -0.195 e. The maximum Gasteiger partial charge on any atom is 0.282 e. The van der Waals surface area contributed by atoms with Crippen LogP contribution in [0.1, 0.15) is 51.6 Å². The summed E-state index contributed by atoms with van der Waals surface area (Å²) in [6, 6.07) is 7.67. The van der Waals surface area contributed by atoms with Crippen molar-refractivity contribution in [1.29, 1.82) is 0 Å². The molecule has 0 spiro atoms. The third-order valence-corrected chi connectivity index (χ3v) is 7.27. The Morgan fingerprint density at radius 2 is 2.09 bits per heavy atom. The molecule has 0 aliphatic carbocycles. The second-order valence-electron chi connectivity index (χ2n) is 6.42. The first kappa shape index (κ1) is 18.9. The molecule has 4 nitrogen and oxygen atoms in total. The minimum absolute atomic E-state index is 0.187. The van der Waals surface area contributed by atoms with Gasteiger partial charge in [-0.15, -0.1) is 0 Å². The zero-order valence-corrected chi connectivity index (χ0v) is 16.6. The van der Waals surface area contributed by atoms with Gasteiger partial charge in [-0.2, -0.15) is 17.0 Å². The topological polar surface area (TPSA) is 40.6 Å². The molecule has 0 radical (unpaired) electrons. The molecule has 0 bridgehead atoms. The summed E-state index contributed by atoms with van der Waals surface area (Å²) < 4.78 is 30.7. The van der Waals surface area contributed by atoms with Gasteiger partial charge in [-0.05, 0) is 43.7 Å². The Balaban J connectivity index is 2.31. The molecule has 0 saturated carbocycles. The first-order chi connectivity index (χ1) is 10.9. The molecule has 1 aromatic carbocycles. The van der Waals surface area contributed by atoms with Crippen molar-refractivity contribution < 1.29 is 8.42 Å². The predicted octanol–water partition coefficient (Wildman–Crippen LogP) is 4.20. The minimum atomic E-state index is -3.44. The second kappa shape index (κ2) is 8.10. The van der Waals surface area contributed by atoms with Gasteiger partial charge in [0.25, 0.3) is 10.2 Å². The molecule has 0 N–H and O–H groups in total. The van der Waals surface area contributed by atoms with Crippen molar-refractivity contribution in [3.05, 3.63) is 34.3 Å². The van der Waals surface area contributed by atoms with E-state index in [4.69, 9.17) is 0 Å². The number of halogens is 1. The highest BCUT2D eigenvalue weighted by Crippen LogP contribution is 2.31. The van der Waals surface area contributed by atoms with Gasteiger partial charge in [-0.25, -0.2) is 0 Å². The van der Waals surface area contributed by atoms with Crippen molar-refractivity contribution in [2.75, 3.05) is 19.6 Å². The first-order valence-electron chi connectivity index (χ1n) is 8.39. The zero-order valence-electron chi connectivity index (χ0n) is 14.2. The molecule has 2 atom stereocenters. The standard InChI is InChI=1S/C17H27BrN2O2S/c1-4-11-20(15(3)16-9-5-6-10-17(16)18)23(21,22)19-12-7-8-14(2)13-19/h5-6,9-10,14-15H,4,7-8,11-13H2,1-3H3. The van der Waals surface area contributed by atoms with Crippen molar-refractivity contribution in [3.8, 4) is 0 Å². The number of benzene rings is 1. The molecule has 130 valence electrons. The fourth-order valence-electron chi connectivity index (χ4n) is 3.20. The number of hydrogen-bond donors (Lipinski definition) is 0. The molecule has 1 fully saturated rings. The van der Waals surface area contributed by atoms with Gasteiger partial charge in [-0.1, -0.05) is 48.0 Å². The van der Waals surface area contributed by atoms with Gasteiger partial charge in [0.1, 0.15) is 0 Å². The summed E-state index contributed by atoms with van der Waals surface area (Å²) in [4.78, 5) is 0. The summed E-state index contributed by atoms with van der Waals surface area (Å²) in [5.41, 5.74) is 1.01. The van der Waals surface area contributed by atoms with Gasteiger partial charge in [0.15, 0.2) is 0 Å². The molecule has 2 rings (SSSR count). The van der Waals surface area contributed by atoms with E-state index in [1.165, 1.54) is 0 Å². The Bertz CT molecular complexity index is 621. The van der Waals surface area contributed by atoms with E-state index in [1.54, 1.807) is 8.61 Å². The van der Waals surface area contributed by atoms with Gasteiger partial charge in [0.05, 0.1) is 0 Å². The summed E-state index contributed by atoms with van der Waals surface area (Å²) in [5.74, 6) is 0.431. The number of hydrogen-bond acceptors (Lipinski definition) is 2.